The highest BCUT2D eigenvalue weighted by atomic mass is 32.2. The first kappa shape index (κ1) is 14.7. The lowest BCUT2D eigenvalue weighted by Crippen LogP contribution is -2.29. The van der Waals surface area contributed by atoms with Crippen LogP contribution in [-0.2, 0) is 14.8 Å². The number of hydrogen-bond donors (Lipinski definition) is 2. The van der Waals surface area contributed by atoms with Gasteiger partial charge < -0.3 is 5.11 Å². The molecule has 1 aromatic rings. The number of carbonyl (C=O) groups is 1. The second kappa shape index (κ2) is 5.34. The first-order valence-corrected chi connectivity index (χ1v) is 7.65. The van der Waals surface area contributed by atoms with Gasteiger partial charge in [0, 0.05) is 25.0 Å². The van der Waals surface area contributed by atoms with Crippen LogP contribution >= 0.6 is 0 Å². The van der Waals surface area contributed by atoms with Crippen molar-refractivity contribution in [1.29, 1.82) is 0 Å². The molecule has 7 heteroatoms. The molecule has 20 heavy (non-hydrogen) atoms. The van der Waals surface area contributed by atoms with E-state index in [1.54, 1.807) is 0 Å². The molecule has 0 unspecified atom stereocenters. The standard InChI is InChI=1S/C13H16N2O4S/c1-13(4-5-13)9-15-20(18,19)11-6-10(7-14-8-11)2-3-12(16)17/h2-3,6-8,15H,4-5,9H2,1H3,(H,16,17)/b3-2+. The van der Waals surface area contributed by atoms with Crippen LogP contribution in [0.1, 0.15) is 25.3 Å². The summed E-state index contributed by atoms with van der Waals surface area (Å²) in [5.74, 6) is -1.10. The lowest BCUT2D eigenvalue weighted by molar-refractivity contribution is -0.131. The van der Waals surface area contributed by atoms with E-state index in [4.69, 9.17) is 5.11 Å². The molecule has 0 saturated heterocycles. The molecule has 0 aromatic carbocycles. The third-order valence-electron chi connectivity index (χ3n) is 3.26. The van der Waals surface area contributed by atoms with Gasteiger partial charge in [0.15, 0.2) is 0 Å². The molecule has 1 saturated carbocycles. The molecule has 1 aromatic heterocycles. The number of hydrogen-bond acceptors (Lipinski definition) is 4. The number of aromatic nitrogens is 1. The molecule has 0 bridgehead atoms. The molecule has 0 spiro atoms. The van der Waals surface area contributed by atoms with Crippen LogP contribution in [0.3, 0.4) is 0 Å². The van der Waals surface area contributed by atoms with E-state index in [9.17, 15) is 13.2 Å². The molecule has 2 rings (SSSR count). The van der Waals surface area contributed by atoms with E-state index in [0.717, 1.165) is 18.9 Å². The van der Waals surface area contributed by atoms with Gasteiger partial charge in [-0.2, -0.15) is 0 Å². The zero-order valence-corrected chi connectivity index (χ0v) is 11.9. The SMILES string of the molecule is CC1(CNS(=O)(=O)c2cncc(/C=C/C(=O)O)c2)CC1. The van der Waals surface area contributed by atoms with E-state index in [-0.39, 0.29) is 10.3 Å². The van der Waals surface area contributed by atoms with Crippen molar-refractivity contribution in [1.82, 2.24) is 9.71 Å². The maximum Gasteiger partial charge on any atom is 0.328 e. The Kier molecular flexibility index (Phi) is 3.92. The minimum atomic E-state index is -3.61. The van der Waals surface area contributed by atoms with E-state index in [2.05, 4.69) is 9.71 Å². The van der Waals surface area contributed by atoms with Gasteiger partial charge in [-0.3, -0.25) is 4.98 Å². The second-order valence-corrected chi connectivity index (χ2v) is 7.03. The number of nitrogens with zero attached hydrogens (tertiary/aromatic N) is 1. The van der Waals surface area contributed by atoms with Gasteiger partial charge in [-0.15, -0.1) is 0 Å². The molecule has 0 atom stereocenters. The molecule has 1 aliphatic carbocycles. The van der Waals surface area contributed by atoms with E-state index in [1.807, 2.05) is 6.92 Å². The quantitative estimate of drug-likeness (QED) is 0.770. The number of nitrogens with one attached hydrogen (secondary N) is 1. The molecule has 6 nitrogen and oxygen atoms in total. The van der Waals surface area contributed by atoms with Gasteiger partial charge in [0.2, 0.25) is 10.0 Å². The van der Waals surface area contributed by atoms with Crippen molar-refractivity contribution in [2.24, 2.45) is 5.41 Å². The van der Waals surface area contributed by atoms with Gasteiger partial charge in [-0.25, -0.2) is 17.9 Å². The number of carboxylic acid groups (broad SMARTS) is 1. The van der Waals surface area contributed by atoms with Gasteiger partial charge in [0.1, 0.15) is 4.90 Å². The average Bonchev–Trinajstić information content (AvgIpc) is 3.13. The van der Waals surface area contributed by atoms with Gasteiger partial charge in [-0.05, 0) is 36.0 Å². The van der Waals surface area contributed by atoms with Crippen molar-refractivity contribution < 1.29 is 18.3 Å². The van der Waals surface area contributed by atoms with Crippen molar-refractivity contribution in [3.05, 3.63) is 30.1 Å². The summed E-state index contributed by atoms with van der Waals surface area (Å²) in [6.45, 7) is 2.43. The molecule has 0 aliphatic heterocycles. The summed E-state index contributed by atoms with van der Waals surface area (Å²) in [5.41, 5.74) is 0.495. The average molecular weight is 296 g/mol. The minimum absolute atomic E-state index is 0.0364. The van der Waals surface area contributed by atoms with Crippen LogP contribution in [-0.4, -0.2) is 31.0 Å². The third kappa shape index (κ3) is 3.88. The maximum absolute atomic E-state index is 12.1. The maximum atomic E-state index is 12.1. The summed E-state index contributed by atoms with van der Waals surface area (Å²) < 4.78 is 26.8. The highest BCUT2D eigenvalue weighted by Gasteiger charge is 2.38. The van der Waals surface area contributed by atoms with E-state index < -0.39 is 16.0 Å². The van der Waals surface area contributed by atoms with Gasteiger partial charge >= 0.3 is 5.97 Å². The Morgan fingerprint density at radius 3 is 2.80 bits per heavy atom. The summed E-state index contributed by atoms with van der Waals surface area (Å²) in [5, 5.41) is 8.55. The van der Waals surface area contributed by atoms with E-state index in [1.165, 1.54) is 24.5 Å². The topological polar surface area (TPSA) is 96.4 Å². The summed E-state index contributed by atoms with van der Waals surface area (Å²) >= 11 is 0. The fraction of sp³-hybridized carbons (Fsp3) is 0.385. The number of sulfonamides is 1. The van der Waals surface area contributed by atoms with Crippen molar-refractivity contribution in [2.45, 2.75) is 24.7 Å². The summed E-state index contributed by atoms with van der Waals surface area (Å²) in [6, 6.07) is 1.39. The molecule has 0 radical (unpaired) electrons. The molecule has 2 N–H and O–H groups in total. The molecule has 1 aliphatic rings. The number of rotatable bonds is 6. The smallest absolute Gasteiger partial charge is 0.328 e. The van der Waals surface area contributed by atoms with Gasteiger partial charge in [-0.1, -0.05) is 6.92 Å². The van der Waals surface area contributed by atoms with Crippen LogP contribution in [0, 0.1) is 5.41 Å². The Morgan fingerprint density at radius 2 is 2.20 bits per heavy atom. The Hall–Kier alpha value is -1.73. The monoisotopic (exact) mass is 296 g/mol. The normalized spacial score (nSPS) is 17.2. The largest absolute Gasteiger partial charge is 0.478 e. The number of aliphatic carboxylic acids is 1. The van der Waals surface area contributed by atoms with Gasteiger partial charge in [0.25, 0.3) is 0 Å². The lowest BCUT2D eigenvalue weighted by atomic mass is 10.2. The predicted octanol–water partition coefficient (Wildman–Crippen LogP) is 1.26. The van der Waals surface area contributed by atoms with Crippen LogP contribution in [0.25, 0.3) is 6.08 Å². The van der Waals surface area contributed by atoms with Crippen LogP contribution in [0.5, 0.6) is 0 Å². The van der Waals surface area contributed by atoms with Crippen molar-refractivity contribution in [3.63, 3.8) is 0 Å². The molecular weight excluding hydrogens is 280 g/mol. The molecule has 108 valence electrons. The van der Waals surface area contributed by atoms with Crippen molar-refractivity contribution >= 4 is 22.1 Å². The summed E-state index contributed by atoms with van der Waals surface area (Å²) in [6.07, 6.45) is 6.93. The number of pyridine rings is 1. The van der Waals surface area contributed by atoms with Crippen molar-refractivity contribution in [3.8, 4) is 0 Å². The molecule has 1 heterocycles. The highest BCUT2D eigenvalue weighted by molar-refractivity contribution is 7.89. The third-order valence-corrected chi connectivity index (χ3v) is 4.62. The van der Waals surface area contributed by atoms with Gasteiger partial charge in [0.05, 0.1) is 0 Å². The minimum Gasteiger partial charge on any atom is -0.478 e. The molecular formula is C13H16N2O4S. The first-order valence-electron chi connectivity index (χ1n) is 6.17. The van der Waals surface area contributed by atoms with Crippen molar-refractivity contribution in [2.75, 3.05) is 6.54 Å². The predicted molar refractivity (Wildman–Crippen MR) is 73.4 cm³/mol. The van der Waals surface area contributed by atoms with Crippen LogP contribution in [0.15, 0.2) is 29.4 Å². The summed E-state index contributed by atoms with van der Waals surface area (Å²) in [4.78, 5) is 14.3. The fourth-order valence-electron chi connectivity index (χ4n) is 1.58. The summed E-state index contributed by atoms with van der Waals surface area (Å²) in [7, 11) is -3.61. The van der Waals surface area contributed by atoms with Crippen LogP contribution in [0.2, 0.25) is 0 Å². The zero-order valence-electron chi connectivity index (χ0n) is 11.0. The Morgan fingerprint density at radius 1 is 1.50 bits per heavy atom. The van der Waals surface area contributed by atoms with E-state index in [0.29, 0.717) is 12.1 Å². The molecule has 1 fully saturated rings. The molecule has 0 amide bonds. The van der Waals surface area contributed by atoms with Crippen LogP contribution < -0.4 is 4.72 Å². The van der Waals surface area contributed by atoms with E-state index >= 15 is 0 Å². The van der Waals surface area contributed by atoms with Crippen LogP contribution in [0.4, 0.5) is 0 Å². The Balaban J connectivity index is 2.14. The lowest BCUT2D eigenvalue weighted by Gasteiger charge is -2.10. The fourth-order valence-corrected chi connectivity index (χ4v) is 2.78. The first-order chi connectivity index (χ1) is 9.31. The Bertz CT molecular complexity index is 648. The Labute approximate surface area is 117 Å². The zero-order chi connectivity index (χ0) is 14.8. The number of carboxylic acids is 1. The highest BCUT2D eigenvalue weighted by Crippen LogP contribution is 2.44. The second-order valence-electron chi connectivity index (χ2n) is 5.26.